The predicted molar refractivity (Wildman–Crippen MR) is 136 cm³/mol. The second kappa shape index (κ2) is 13.8. The first-order valence-corrected chi connectivity index (χ1v) is 14.0. The minimum absolute atomic E-state index is 0.0954. The molecule has 2 aliphatic carbocycles. The Morgan fingerprint density at radius 2 is 1.83 bits per heavy atom. The van der Waals surface area contributed by atoms with Crippen LogP contribution < -0.4 is 0 Å². The van der Waals surface area contributed by atoms with Crippen LogP contribution in [0.3, 0.4) is 0 Å². The van der Waals surface area contributed by atoms with E-state index in [-0.39, 0.29) is 43.2 Å². The van der Waals surface area contributed by atoms with Crippen molar-refractivity contribution in [2.45, 2.75) is 109 Å². The predicted octanol–water partition coefficient (Wildman–Crippen LogP) is 5.22. The highest BCUT2D eigenvalue weighted by Crippen LogP contribution is 2.51. The number of allylic oxidation sites excluding steroid dienone is 1. The summed E-state index contributed by atoms with van der Waals surface area (Å²) in [6, 6.07) is 0. The summed E-state index contributed by atoms with van der Waals surface area (Å²) in [5, 5.41) is 9.42. The smallest absolute Gasteiger partial charge is 0.159 e. The van der Waals surface area contributed by atoms with Crippen molar-refractivity contribution < 1.29 is 24.1 Å². The van der Waals surface area contributed by atoms with Gasteiger partial charge < -0.3 is 24.1 Å². The summed E-state index contributed by atoms with van der Waals surface area (Å²) in [4.78, 5) is 0. The largest absolute Gasteiger partial charge is 0.392 e. The van der Waals surface area contributed by atoms with E-state index in [1.165, 1.54) is 5.57 Å². The maximum Gasteiger partial charge on any atom is 0.159 e. The van der Waals surface area contributed by atoms with Gasteiger partial charge in [-0.1, -0.05) is 37.3 Å². The summed E-state index contributed by atoms with van der Waals surface area (Å²) >= 11 is 0. The molecule has 35 heavy (non-hydrogen) atoms. The molecule has 194 valence electrons. The Morgan fingerprint density at radius 3 is 2.51 bits per heavy atom. The summed E-state index contributed by atoms with van der Waals surface area (Å²) in [6.45, 7) is 5.94. The fourth-order valence-electron chi connectivity index (χ4n) is 6.03. The van der Waals surface area contributed by atoms with Gasteiger partial charge in [-0.3, -0.25) is 0 Å². The highest BCUT2D eigenvalue weighted by Gasteiger charge is 2.47. The summed E-state index contributed by atoms with van der Waals surface area (Å²) < 4.78 is 24.8. The molecule has 4 aliphatic rings. The molecule has 4 fully saturated rings. The van der Waals surface area contributed by atoms with Gasteiger partial charge in [0.05, 0.1) is 18.6 Å². The van der Waals surface area contributed by atoms with Crippen LogP contribution in [0.1, 0.15) is 84.5 Å². The molecule has 5 nitrogen and oxygen atoms in total. The zero-order valence-electron chi connectivity index (χ0n) is 21.7. The molecule has 0 bridgehead atoms. The molecule has 4 rings (SSSR count). The Hall–Kier alpha value is -1.34. The molecule has 2 saturated heterocycles. The molecule has 0 spiro atoms. The van der Waals surface area contributed by atoms with Crippen LogP contribution in [0.4, 0.5) is 0 Å². The fourth-order valence-corrected chi connectivity index (χ4v) is 6.03. The van der Waals surface area contributed by atoms with Crippen molar-refractivity contribution in [1.82, 2.24) is 0 Å². The van der Waals surface area contributed by atoms with Crippen molar-refractivity contribution >= 4 is 0 Å². The Labute approximate surface area is 212 Å². The molecular weight excluding hydrogens is 440 g/mol. The Kier molecular flexibility index (Phi) is 10.6. The highest BCUT2D eigenvalue weighted by molar-refractivity contribution is 5.22. The summed E-state index contributed by atoms with van der Waals surface area (Å²) in [7, 11) is 0. The fraction of sp³-hybridized carbons (Fsp3) is 0.800. The highest BCUT2D eigenvalue weighted by atomic mass is 16.7. The molecule has 2 heterocycles. The van der Waals surface area contributed by atoms with E-state index in [0.717, 1.165) is 83.8 Å². The normalized spacial score (nSPS) is 35.5. The number of hydrogen-bond acceptors (Lipinski definition) is 5. The number of aliphatic hydroxyl groups excluding tert-OH is 1. The van der Waals surface area contributed by atoms with E-state index in [1.807, 2.05) is 6.08 Å². The molecule has 1 N–H and O–H groups in total. The second-order valence-corrected chi connectivity index (χ2v) is 10.6. The van der Waals surface area contributed by atoms with Gasteiger partial charge in [-0.2, -0.15) is 0 Å². The molecule has 0 aromatic heterocycles. The van der Waals surface area contributed by atoms with Crippen molar-refractivity contribution in [3.63, 3.8) is 0 Å². The van der Waals surface area contributed by atoms with Gasteiger partial charge in [-0.05, 0) is 69.6 Å². The molecule has 0 amide bonds. The van der Waals surface area contributed by atoms with Gasteiger partial charge in [-0.25, -0.2) is 0 Å². The van der Waals surface area contributed by atoms with Crippen molar-refractivity contribution in [3.8, 4) is 23.7 Å². The number of ether oxygens (including phenoxy) is 4. The number of aliphatic hydroxyl groups is 1. The summed E-state index contributed by atoms with van der Waals surface area (Å²) in [6.07, 6.45) is 12.7. The minimum atomic E-state index is -0.205. The Balaban J connectivity index is 1.51. The quantitative estimate of drug-likeness (QED) is 0.397. The Bertz CT molecular complexity index is 802. The van der Waals surface area contributed by atoms with E-state index >= 15 is 0 Å². The van der Waals surface area contributed by atoms with Crippen LogP contribution >= 0.6 is 0 Å². The van der Waals surface area contributed by atoms with E-state index in [1.54, 1.807) is 0 Å². The van der Waals surface area contributed by atoms with Crippen molar-refractivity contribution in [1.29, 1.82) is 0 Å². The maximum atomic E-state index is 9.42. The zero-order chi connectivity index (χ0) is 24.5. The summed E-state index contributed by atoms with van der Waals surface area (Å²) in [5.41, 5.74) is 1.37. The van der Waals surface area contributed by atoms with Gasteiger partial charge in [0.1, 0.15) is 6.10 Å². The zero-order valence-corrected chi connectivity index (χ0v) is 21.7. The average molecular weight is 485 g/mol. The molecule has 0 aromatic carbocycles. The lowest BCUT2D eigenvalue weighted by Crippen LogP contribution is -2.32. The van der Waals surface area contributed by atoms with Crippen LogP contribution in [0.5, 0.6) is 0 Å². The van der Waals surface area contributed by atoms with E-state index < -0.39 is 0 Å². The lowest BCUT2D eigenvalue weighted by molar-refractivity contribution is -0.192. The molecule has 8 atom stereocenters. The van der Waals surface area contributed by atoms with Crippen LogP contribution in [0.2, 0.25) is 0 Å². The molecule has 0 aromatic rings. The van der Waals surface area contributed by atoms with Gasteiger partial charge in [0.2, 0.25) is 0 Å². The molecule has 2 unspecified atom stereocenters. The van der Waals surface area contributed by atoms with Gasteiger partial charge in [0.15, 0.2) is 12.6 Å². The standard InChI is InChI=1S/C30H44O5/c1-3-4-5-10-22(2)27(34-29-11-6-8-17-32-29)14-13-25-26-20-23(15-16-31)19-24(26)21-28(25)35-30-12-7-9-18-33-30/h15,22,24-31H,3,6-12,16-21H2,1-2H3/b23-15+/t22-,24+,25-,26+,27-,28-,29?,30?/m1/s1. The van der Waals surface area contributed by atoms with E-state index in [4.69, 9.17) is 18.9 Å². The van der Waals surface area contributed by atoms with Gasteiger partial charge in [0.25, 0.3) is 0 Å². The third-order valence-electron chi connectivity index (χ3n) is 7.94. The molecule has 2 aliphatic heterocycles. The molecule has 2 saturated carbocycles. The van der Waals surface area contributed by atoms with Crippen LogP contribution in [-0.4, -0.2) is 49.7 Å². The minimum Gasteiger partial charge on any atom is -0.392 e. The van der Waals surface area contributed by atoms with E-state index in [0.29, 0.717) is 11.8 Å². The monoisotopic (exact) mass is 484 g/mol. The van der Waals surface area contributed by atoms with Crippen LogP contribution in [-0.2, 0) is 18.9 Å². The van der Waals surface area contributed by atoms with Crippen LogP contribution in [0.25, 0.3) is 0 Å². The second-order valence-electron chi connectivity index (χ2n) is 10.6. The van der Waals surface area contributed by atoms with Crippen molar-refractivity contribution in [2.75, 3.05) is 19.8 Å². The van der Waals surface area contributed by atoms with Crippen molar-refractivity contribution in [2.24, 2.45) is 23.7 Å². The Morgan fingerprint density at radius 1 is 1.06 bits per heavy atom. The van der Waals surface area contributed by atoms with Crippen LogP contribution in [0.15, 0.2) is 11.6 Å². The van der Waals surface area contributed by atoms with Gasteiger partial charge >= 0.3 is 0 Å². The molecule has 5 heteroatoms. The van der Waals surface area contributed by atoms with E-state index in [9.17, 15) is 5.11 Å². The topological polar surface area (TPSA) is 57.2 Å². The van der Waals surface area contributed by atoms with Crippen LogP contribution in [0, 0.1) is 47.4 Å². The first-order chi connectivity index (χ1) is 17.2. The average Bonchev–Trinajstić information content (AvgIpc) is 3.40. The first-order valence-electron chi connectivity index (χ1n) is 14.0. The first kappa shape index (κ1) is 26.7. The summed E-state index contributed by atoms with van der Waals surface area (Å²) in [5.74, 6) is 15.1. The number of rotatable bonds is 7. The number of fused-ring (bicyclic) bond motifs is 1. The van der Waals surface area contributed by atoms with Gasteiger partial charge in [0, 0.05) is 32.0 Å². The lowest BCUT2D eigenvalue weighted by atomic mass is 9.90. The van der Waals surface area contributed by atoms with Gasteiger partial charge in [-0.15, -0.1) is 11.8 Å². The van der Waals surface area contributed by atoms with E-state index in [2.05, 4.69) is 37.5 Å². The molecule has 0 radical (unpaired) electrons. The number of hydrogen-bond donors (Lipinski definition) is 1. The SMILES string of the molecule is CCC#CC[C@@H](C)[C@@H](C#C[C@@H]1[C@H]2C/C(=C/CO)C[C@H]2C[C@H]1OC1CCCCO1)OC1CCCCO1. The van der Waals surface area contributed by atoms with Crippen molar-refractivity contribution in [3.05, 3.63) is 11.6 Å². The third kappa shape index (κ3) is 7.58. The lowest BCUT2D eigenvalue weighted by Gasteiger charge is -2.29. The maximum absolute atomic E-state index is 9.42. The third-order valence-corrected chi connectivity index (χ3v) is 7.94. The molecular formula is C30H44O5.